The van der Waals surface area contributed by atoms with Crippen molar-refractivity contribution in [1.82, 2.24) is 9.21 Å². The van der Waals surface area contributed by atoms with Gasteiger partial charge >= 0.3 is 0 Å². The number of carbonyl (C=O) groups is 1. The molecule has 0 aromatic carbocycles. The highest BCUT2D eigenvalue weighted by molar-refractivity contribution is 7.88. The van der Waals surface area contributed by atoms with Gasteiger partial charge in [-0.2, -0.15) is 4.31 Å². The van der Waals surface area contributed by atoms with Gasteiger partial charge in [-0.15, -0.1) is 0 Å². The Bertz CT molecular complexity index is 610. The molecule has 6 heteroatoms. The smallest absolute Gasteiger partial charge is 0.226 e. The summed E-state index contributed by atoms with van der Waals surface area (Å²) in [7, 11) is -3.18. The molecule has 2 fully saturated rings. The van der Waals surface area contributed by atoms with Crippen LogP contribution < -0.4 is 0 Å². The highest BCUT2D eigenvalue weighted by atomic mass is 32.2. The van der Waals surface area contributed by atoms with Gasteiger partial charge in [0.25, 0.3) is 0 Å². The number of carbonyl (C=O) groups excluding carboxylic acids is 1. The first-order valence-electron chi connectivity index (χ1n) is 9.89. The summed E-state index contributed by atoms with van der Waals surface area (Å²) >= 11 is 0. The van der Waals surface area contributed by atoms with E-state index in [-0.39, 0.29) is 18.0 Å². The topological polar surface area (TPSA) is 57.7 Å². The number of likely N-dealkylation sites (tertiary alicyclic amines) is 1. The molecule has 1 saturated heterocycles. The number of nitrogens with zero attached hydrogens (tertiary/aromatic N) is 2. The first kappa shape index (κ1) is 18.9. The number of amides is 1. The van der Waals surface area contributed by atoms with Crippen molar-refractivity contribution < 1.29 is 13.2 Å². The zero-order valence-corrected chi connectivity index (χ0v) is 16.3. The molecular weight excluding hydrogens is 336 g/mol. The Morgan fingerprint density at radius 1 is 1.08 bits per heavy atom. The summed E-state index contributed by atoms with van der Waals surface area (Å²) in [5, 5.41) is 0. The molecule has 0 spiro atoms. The Morgan fingerprint density at radius 2 is 1.80 bits per heavy atom. The maximum Gasteiger partial charge on any atom is 0.226 e. The summed E-state index contributed by atoms with van der Waals surface area (Å²) in [6.45, 7) is 1.46. The zero-order chi connectivity index (χ0) is 17.9. The molecule has 3 rings (SSSR count). The van der Waals surface area contributed by atoms with E-state index in [1.165, 1.54) is 24.7 Å². The molecule has 1 amide bonds. The van der Waals surface area contributed by atoms with Crippen molar-refractivity contribution in [2.75, 3.05) is 19.3 Å². The minimum atomic E-state index is -3.18. The fraction of sp³-hybridized carbons (Fsp3) is 0.842. The normalized spacial score (nSPS) is 26.1. The van der Waals surface area contributed by atoms with E-state index >= 15 is 0 Å². The molecule has 2 aliphatic carbocycles. The number of hydrogen-bond acceptors (Lipinski definition) is 3. The van der Waals surface area contributed by atoms with Crippen molar-refractivity contribution in [1.29, 1.82) is 0 Å². The second-order valence-corrected chi connectivity index (χ2v) is 9.82. The maximum atomic E-state index is 12.6. The summed E-state index contributed by atoms with van der Waals surface area (Å²) in [6.07, 6.45) is 14.4. The van der Waals surface area contributed by atoms with E-state index in [0.29, 0.717) is 13.0 Å². The van der Waals surface area contributed by atoms with E-state index in [0.717, 1.165) is 57.9 Å². The van der Waals surface area contributed by atoms with Crippen molar-refractivity contribution in [2.45, 2.75) is 82.7 Å². The number of rotatable bonds is 5. The Morgan fingerprint density at radius 3 is 2.40 bits per heavy atom. The van der Waals surface area contributed by atoms with E-state index in [1.54, 1.807) is 4.31 Å². The predicted octanol–water partition coefficient (Wildman–Crippen LogP) is 3.07. The van der Waals surface area contributed by atoms with Crippen LogP contribution in [0.1, 0.15) is 70.6 Å². The lowest BCUT2D eigenvalue weighted by molar-refractivity contribution is -0.130. The first-order chi connectivity index (χ1) is 11.9. The average Bonchev–Trinajstić information content (AvgIpc) is 2.76. The third kappa shape index (κ3) is 4.85. The van der Waals surface area contributed by atoms with Crippen LogP contribution in [0.25, 0.3) is 0 Å². The Balaban J connectivity index is 1.59. The van der Waals surface area contributed by atoms with E-state index in [9.17, 15) is 13.2 Å². The number of sulfonamides is 1. The monoisotopic (exact) mass is 368 g/mol. The fourth-order valence-electron chi connectivity index (χ4n) is 4.43. The van der Waals surface area contributed by atoms with Crippen molar-refractivity contribution in [3.05, 3.63) is 11.6 Å². The minimum Gasteiger partial charge on any atom is -0.342 e. The molecule has 1 atom stereocenters. The summed E-state index contributed by atoms with van der Waals surface area (Å²) in [6, 6.07) is 0.252. The molecule has 5 nitrogen and oxygen atoms in total. The van der Waals surface area contributed by atoms with Gasteiger partial charge < -0.3 is 4.90 Å². The van der Waals surface area contributed by atoms with Gasteiger partial charge in [-0.3, -0.25) is 4.79 Å². The van der Waals surface area contributed by atoms with Crippen LogP contribution in [-0.4, -0.2) is 55.0 Å². The molecule has 142 valence electrons. The van der Waals surface area contributed by atoms with Crippen molar-refractivity contribution in [3.8, 4) is 0 Å². The van der Waals surface area contributed by atoms with Gasteiger partial charge in [0.15, 0.2) is 0 Å². The summed E-state index contributed by atoms with van der Waals surface area (Å²) in [5.41, 5.74) is 1.30. The van der Waals surface area contributed by atoms with Crippen molar-refractivity contribution >= 4 is 15.9 Å². The summed E-state index contributed by atoms with van der Waals surface area (Å²) < 4.78 is 26.4. The molecule has 0 bridgehead atoms. The maximum absolute atomic E-state index is 12.6. The van der Waals surface area contributed by atoms with Gasteiger partial charge in [-0.1, -0.05) is 18.1 Å². The van der Waals surface area contributed by atoms with Gasteiger partial charge in [0, 0.05) is 31.6 Å². The number of hydrogen-bond donors (Lipinski definition) is 0. The van der Waals surface area contributed by atoms with Gasteiger partial charge in [-0.25, -0.2) is 8.42 Å². The molecule has 1 saturated carbocycles. The largest absolute Gasteiger partial charge is 0.342 e. The Hall–Kier alpha value is -0.880. The fourth-order valence-corrected chi connectivity index (χ4v) is 5.94. The van der Waals surface area contributed by atoms with Crippen LogP contribution in [0.4, 0.5) is 0 Å². The molecule has 3 aliphatic rings. The Labute approximate surface area is 152 Å². The molecular formula is C19H32N2O3S. The van der Waals surface area contributed by atoms with Crippen LogP contribution in [0.2, 0.25) is 0 Å². The third-order valence-electron chi connectivity index (χ3n) is 5.99. The lowest BCUT2D eigenvalue weighted by atomic mass is 9.91. The van der Waals surface area contributed by atoms with Crippen molar-refractivity contribution in [2.24, 2.45) is 0 Å². The molecule has 25 heavy (non-hydrogen) atoms. The van der Waals surface area contributed by atoms with Gasteiger partial charge in [0.2, 0.25) is 15.9 Å². The second-order valence-electron chi connectivity index (χ2n) is 7.93. The first-order valence-corrected chi connectivity index (χ1v) is 11.7. The molecule has 0 N–H and O–H groups in total. The van der Waals surface area contributed by atoms with E-state index < -0.39 is 10.0 Å². The predicted molar refractivity (Wildman–Crippen MR) is 99.7 cm³/mol. The summed E-state index contributed by atoms with van der Waals surface area (Å²) in [4.78, 5) is 14.6. The lowest BCUT2D eigenvalue weighted by Crippen LogP contribution is -2.50. The van der Waals surface area contributed by atoms with Gasteiger partial charge in [-0.05, 0) is 57.8 Å². The van der Waals surface area contributed by atoms with Crippen LogP contribution in [-0.2, 0) is 14.8 Å². The van der Waals surface area contributed by atoms with Crippen LogP contribution in [0.15, 0.2) is 11.6 Å². The molecule has 0 aromatic heterocycles. The standard InChI is InChI=1S/C19H32N2O3S/c1-25(23,24)21(17-9-5-10-17)18-11-6-13-20(14-12-18)19(22)15-16-7-3-2-4-8-16/h7,17-18H,2-6,8-15H2,1H3. The lowest BCUT2D eigenvalue weighted by Gasteiger charge is -2.40. The van der Waals surface area contributed by atoms with Crippen LogP contribution in [0, 0.1) is 0 Å². The van der Waals surface area contributed by atoms with Crippen LogP contribution in [0.3, 0.4) is 0 Å². The Kier molecular flexibility index (Phi) is 6.21. The molecule has 0 aromatic rings. The van der Waals surface area contributed by atoms with E-state index in [1.807, 2.05) is 4.90 Å². The van der Waals surface area contributed by atoms with Crippen LogP contribution in [0.5, 0.6) is 0 Å². The van der Waals surface area contributed by atoms with Gasteiger partial charge in [0.05, 0.1) is 6.26 Å². The molecule has 0 radical (unpaired) electrons. The highest BCUT2D eigenvalue weighted by Crippen LogP contribution is 2.32. The number of allylic oxidation sites excluding steroid dienone is 1. The SMILES string of the molecule is CS(=O)(=O)N(C1CCC1)C1CCCN(C(=O)CC2=CCCCC2)CC1. The second kappa shape index (κ2) is 8.21. The van der Waals surface area contributed by atoms with E-state index in [4.69, 9.17) is 0 Å². The van der Waals surface area contributed by atoms with Crippen molar-refractivity contribution in [3.63, 3.8) is 0 Å². The van der Waals surface area contributed by atoms with E-state index in [2.05, 4.69) is 6.08 Å². The summed E-state index contributed by atoms with van der Waals surface area (Å²) in [5.74, 6) is 0.225. The highest BCUT2D eigenvalue weighted by Gasteiger charge is 2.37. The third-order valence-corrected chi connectivity index (χ3v) is 7.35. The minimum absolute atomic E-state index is 0.0620. The molecule has 1 unspecified atom stereocenters. The average molecular weight is 369 g/mol. The molecule has 1 heterocycles. The molecule has 1 aliphatic heterocycles. The van der Waals surface area contributed by atoms with Gasteiger partial charge in [0.1, 0.15) is 0 Å². The van der Waals surface area contributed by atoms with Crippen LogP contribution >= 0.6 is 0 Å². The quantitative estimate of drug-likeness (QED) is 0.701. The zero-order valence-electron chi connectivity index (χ0n) is 15.5.